The van der Waals surface area contributed by atoms with Gasteiger partial charge in [-0.3, -0.25) is 4.79 Å². The maximum Gasteiger partial charge on any atom is 0.309 e. The zero-order valence-electron chi connectivity index (χ0n) is 12.0. The number of nitrogens with zero attached hydrogens (tertiary/aromatic N) is 1. The zero-order valence-corrected chi connectivity index (χ0v) is 12.0. The van der Waals surface area contributed by atoms with Crippen LogP contribution in [0.15, 0.2) is 24.4 Å². The number of carboxylic acids is 1. The van der Waals surface area contributed by atoms with E-state index in [-0.39, 0.29) is 0 Å². The van der Waals surface area contributed by atoms with Crippen LogP contribution in [0.4, 0.5) is 0 Å². The van der Waals surface area contributed by atoms with Crippen LogP contribution in [0, 0.1) is 12.3 Å². The second-order valence-corrected chi connectivity index (χ2v) is 5.83. The molecule has 3 heteroatoms. The minimum absolute atomic E-state index is 0.551. The Bertz CT molecular complexity index is 623. The predicted molar refractivity (Wildman–Crippen MR) is 77.5 cm³/mol. The molecular weight excluding hydrogens is 238 g/mol. The Morgan fingerprint density at radius 1 is 1.37 bits per heavy atom. The third kappa shape index (κ3) is 2.50. The number of aromatic nitrogens is 1. The van der Waals surface area contributed by atoms with Gasteiger partial charge >= 0.3 is 5.97 Å². The lowest BCUT2D eigenvalue weighted by molar-refractivity contribution is -0.146. The van der Waals surface area contributed by atoms with Crippen LogP contribution < -0.4 is 0 Å². The van der Waals surface area contributed by atoms with Gasteiger partial charge in [0.2, 0.25) is 0 Å². The molecule has 0 saturated heterocycles. The van der Waals surface area contributed by atoms with Crippen molar-refractivity contribution in [2.24, 2.45) is 5.41 Å². The van der Waals surface area contributed by atoms with Gasteiger partial charge in [-0.1, -0.05) is 11.6 Å². The van der Waals surface area contributed by atoms with Crippen LogP contribution in [0.5, 0.6) is 0 Å². The van der Waals surface area contributed by atoms with Gasteiger partial charge in [0, 0.05) is 23.6 Å². The van der Waals surface area contributed by atoms with Crippen molar-refractivity contribution in [2.45, 2.75) is 40.7 Å². The summed E-state index contributed by atoms with van der Waals surface area (Å²) in [5, 5.41) is 10.5. The molecule has 0 aliphatic heterocycles. The molecule has 2 aromatic rings. The van der Waals surface area contributed by atoms with Gasteiger partial charge in [-0.25, -0.2) is 0 Å². The number of rotatable bonds is 4. The molecule has 2 rings (SSSR count). The van der Waals surface area contributed by atoms with Gasteiger partial charge in [0.05, 0.1) is 5.41 Å². The van der Waals surface area contributed by atoms with Crippen molar-refractivity contribution in [1.29, 1.82) is 0 Å². The molecule has 0 aliphatic carbocycles. The Hall–Kier alpha value is -1.77. The zero-order chi connectivity index (χ0) is 14.2. The van der Waals surface area contributed by atoms with Crippen LogP contribution in [0.1, 0.15) is 31.9 Å². The van der Waals surface area contributed by atoms with Crippen molar-refractivity contribution in [2.75, 3.05) is 0 Å². The second kappa shape index (κ2) is 4.72. The van der Waals surface area contributed by atoms with Crippen LogP contribution in [0.25, 0.3) is 10.9 Å². The summed E-state index contributed by atoms with van der Waals surface area (Å²) in [4.78, 5) is 11.3. The Labute approximate surface area is 113 Å². The topological polar surface area (TPSA) is 42.2 Å². The highest BCUT2D eigenvalue weighted by molar-refractivity contribution is 5.85. The molecular formula is C16H21NO2. The monoisotopic (exact) mass is 259 g/mol. The second-order valence-electron chi connectivity index (χ2n) is 5.83. The Balaban J connectivity index is 2.54. The molecule has 1 heterocycles. The summed E-state index contributed by atoms with van der Waals surface area (Å²) in [7, 11) is 0. The molecule has 0 fully saturated rings. The normalized spacial score (nSPS) is 12.0. The van der Waals surface area contributed by atoms with Gasteiger partial charge in [-0.05, 0) is 51.8 Å². The smallest absolute Gasteiger partial charge is 0.309 e. The maximum atomic E-state index is 11.3. The van der Waals surface area contributed by atoms with E-state index in [2.05, 4.69) is 42.8 Å². The van der Waals surface area contributed by atoms with Gasteiger partial charge < -0.3 is 9.67 Å². The number of fused-ring (bicyclic) bond motifs is 1. The highest BCUT2D eigenvalue weighted by atomic mass is 16.4. The lowest BCUT2D eigenvalue weighted by atomic mass is 9.86. The molecule has 0 amide bonds. The van der Waals surface area contributed by atoms with E-state index in [1.165, 1.54) is 16.5 Å². The summed E-state index contributed by atoms with van der Waals surface area (Å²) in [6.07, 6.45) is 2.64. The summed E-state index contributed by atoms with van der Waals surface area (Å²) in [6, 6.07) is 6.36. The molecule has 0 atom stereocenters. The van der Waals surface area contributed by atoms with Gasteiger partial charge in [0.1, 0.15) is 0 Å². The number of hydrogen-bond acceptors (Lipinski definition) is 1. The van der Waals surface area contributed by atoms with Crippen LogP contribution in [-0.2, 0) is 17.8 Å². The molecule has 19 heavy (non-hydrogen) atoms. The van der Waals surface area contributed by atoms with E-state index in [9.17, 15) is 9.90 Å². The summed E-state index contributed by atoms with van der Waals surface area (Å²) >= 11 is 0. The molecule has 1 aromatic carbocycles. The molecule has 3 nitrogen and oxygen atoms in total. The highest BCUT2D eigenvalue weighted by Gasteiger charge is 2.28. The molecule has 1 N–H and O–H groups in total. The Morgan fingerprint density at radius 2 is 2.05 bits per heavy atom. The number of aliphatic carboxylic acids is 1. The predicted octanol–water partition coefficient (Wildman–Crippen LogP) is 3.62. The third-order valence-electron chi connectivity index (χ3n) is 3.67. The lowest BCUT2D eigenvalue weighted by Gasteiger charge is -2.18. The van der Waals surface area contributed by atoms with Gasteiger partial charge in [-0.15, -0.1) is 0 Å². The molecule has 0 spiro atoms. The molecule has 0 saturated carbocycles. The van der Waals surface area contributed by atoms with Crippen LogP contribution >= 0.6 is 0 Å². The average Bonchev–Trinajstić information content (AvgIpc) is 2.66. The van der Waals surface area contributed by atoms with Crippen LogP contribution in [0.2, 0.25) is 0 Å². The van der Waals surface area contributed by atoms with Crippen molar-refractivity contribution >= 4 is 16.9 Å². The minimum Gasteiger partial charge on any atom is -0.481 e. The first-order valence-corrected chi connectivity index (χ1v) is 6.67. The fourth-order valence-corrected chi connectivity index (χ4v) is 2.44. The Kier molecular flexibility index (Phi) is 3.40. The van der Waals surface area contributed by atoms with Crippen molar-refractivity contribution in [3.05, 3.63) is 35.5 Å². The summed E-state index contributed by atoms with van der Waals surface area (Å²) in [5.41, 5.74) is 2.77. The van der Waals surface area contributed by atoms with Crippen molar-refractivity contribution in [3.8, 4) is 0 Å². The molecule has 102 valence electrons. The summed E-state index contributed by atoms with van der Waals surface area (Å²) < 4.78 is 2.18. The standard InChI is InChI=1S/C16H21NO2/c1-5-17-10-12(9-16(3,4)15(18)19)13-8-11(2)6-7-14(13)17/h6-8,10H,5,9H2,1-4H3,(H,18,19). The summed E-state index contributed by atoms with van der Waals surface area (Å²) in [6.45, 7) is 8.62. The first-order valence-electron chi connectivity index (χ1n) is 6.67. The molecule has 0 unspecified atom stereocenters. The molecule has 1 aromatic heterocycles. The average molecular weight is 259 g/mol. The van der Waals surface area contributed by atoms with Gasteiger partial charge in [0.25, 0.3) is 0 Å². The quantitative estimate of drug-likeness (QED) is 0.911. The fourth-order valence-electron chi connectivity index (χ4n) is 2.44. The van der Waals surface area contributed by atoms with E-state index in [1.54, 1.807) is 13.8 Å². The molecule has 0 aliphatic rings. The highest BCUT2D eigenvalue weighted by Crippen LogP contribution is 2.29. The van der Waals surface area contributed by atoms with Gasteiger partial charge in [-0.2, -0.15) is 0 Å². The SMILES string of the molecule is CCn1cc(CC(C)(C)C(=O)O)c2cc(C)ccc21. The molecule has 0 bridgehead atoms. The number of benzene rings is 1. The first-order chi connectivity index (χ1) is 8.85. The summed E-state index contributed by atoms with van der Waals surface area (Å²) in [5.74, 6) is -0.752. The van der Waals surface area contributed by atoms with Crippen LogP contribution in [-0.4, -0.2) is 15.6 Å². The largest absolute Gasteiger partial charge is 0.481 e. The fraction of sp³-hybridized carbons (Fsp3) is 0.438. The van der Waals surface area contributed by atoms with Crippen molar-refractivity contribution in [1.82, 2.24) is 4.57 Å². The van der Waals surface area contributed by atoms with E-state index in [4.69, 9.17) is 0 Å². The number of aryl methyl sites for hydroxylation is 2. The lowest BCUT2D eigenvalue weighted by Crippen LogP contribution is -2.26. The van der Waals surface area contributed by atoms with E-state index in [0.29, 0.717) is 6.42 Å². The number of carboxylic acid groups (broad SMARTS) is 1. The van der Waals surface area contributed by atoms with Crippen LogP contribution in [0.3, 0.4) is 0 Å². The molecule has 0 radical (unpaired) electrons. The number of carbonyl (C=O) groups is 1. The third-order valence-corrected chi connectivity index (χ3v) is 3.67. The van der Waals surface area contributed by atoms with E-state index >= 15 is 0 Å². The van der Waals surface area contributed by atoms with Crippen molar-refractivity contribution < 1.29 is 9.90 Å². The van der Waals surface area contributed by atoms with Crippen molar-refractivity contribution in [3.63, 3.8) is 0 Å². The maximum absolute atomic E-state index is 11.3. The van der Waals surface area contributed by atoms with E-state index < -0.39 is 11.4 Å². The number of hydrogen-bond donors (Lipinski definition) is 1. The van der Waals surface area contributed by atoms with Gasteiger partial charge in [0.15, 0.2) is 0 Å². The van der Waals surface area contributed by atoms with E-state index in [0.717, 1.165) is 12.1 Å². The first kappa shape index (κ1) is 13.7. The van der Waals surface area contributed by atoms with E-state index in [1.807, 2.05) is 0 Å². The minimum atomic E-state index is -0.752. The Morgan fingerprint density at radius 3 is 2.63 bits per heavy atom.